The number of amidine groups is 1. The van der Waals surface area contributed by atoms with Crippen LogP contribution in [0.2, 0.25) is 0 Å². The lowest BCUT2D eigenvalue weighted by molar-refractivity contribution is 0.271. The molecule has 0 saturated carbocycles. The summed E-state index contributed by atoms with van der Waals surface area (Å²) in [4.78, 5) is 4.28. The molecule has 1 atom stereocenters. The maximum Gasteiger partial charge on any atom is 0.283 e. The number of aryl methyl sites for hydroxylation is 1. The Morgan fingerprint density at radius 3 is 2.10 bits per heavy atom. The van der Waals surface area contributed by atoms with Gasteiger partial charge in [-0.25, -0.2) is 8.42 Å². The second-order valence-electron chi connectivity index (χ2n) is 10.0. The number of ether oxygens (including phenoxy) is 1. The Hall–Kier alpha value is -3.25. The van der Waals surface area contributed by atoms with Gasteiger partial charge in [-0.2, -0.15) is 12.7 Å². The SMILES string of the molecule is COc1ccc(C2N(C(CN3CCCC3)=NS(=O)(=O)c3ccc(C)cc3)CCN2S(=O)(=O)c2ccccc2)cc1. The lowest BCUT2D eigenvalue weighted by Crippen LogP contribution is -2.42. The van der Waals surface area contributed by atoms with Gasteiger partial charge < -0.3 is 9.64 Å². The van der Waals surface area contributed by atoms with E-state index in [-0.39, 0.29) is 16.3 Å². The second kappa shape index (κ2) is 11.7. The number of methoxy groups -OCH3 is 1. The van der Waals surface area contributed by atoms with Gasteiger partial charge in [0.25, 0.3) is 10.0 Å². The summed E-state index contributed by atoms with van der Waals surface area (Å²) in [5.41, 5.74) is 1.64. The molecule has 3 aromatic carbocycles. The summed E-state index contributed by atoms with van der Waals surface area (Å²) in [7, 11) is -6.38. The molecule has 1 unspecified atom stereocenters. The number of hydrogen-bond acceptors (Lipinski definition) is 6. The predicted octanol–water partition coefficient (Wildman–Crippen LogP) is 3.89. The number of rotatable bonds is 8. The number of nitrogens with zero attached hydrogens (tertiary/aromatic N) is 4. The van der Waals surface area contributed by atoms with Crippen LogP contribution in [0.5, 0.6) is 5.75 Å². The molecule has 0 amide bonds. The van der Waals surface area contributed by atoms with Crippen LogP contribution in [-0.2, 0) is 20.0 Å². The van der Waals surface area contributed by atoms with Crippen molar-refractivity contribution >= 4 is 25.9 Å². The zero-order chi connectivity index (χ0) is 28.3. The van der Waals surface area contributed by atoms with Crippen molar-refractivity contribution in [3.8, 4) is 5.75 Å². The Morgan fingerprint density at radius 1 is 0.825 bits per heavy atom. The lowest BCUT2D eigenvalue weighted by atomic mass is 10.1. The van der Waals surface area contributed by atoms with Crippen molar-refractivity contribution in [2.24, 2.45) is 4.40 Å². The number of likely N-dealkylation sites (tertiary alicyclic amines) is 1. The molecule has 0 aliphatic carbocycles. The van der Waals surface area contributed by atoms with E-state index in [2.05, 4.69) is 9.30 Å². The smallest absolute Gasteiger partial charge is 0.283 e. The highest BCUT2D eigenvalue weighted by atomic mass is 32.2. The Balaban J connectivity index is 1.61. The average Bonchev–Trinajstić information content (AvgIpc) is 3.64. The molecule has 3 aromatic rings. The van der Waals surface area contributed by atoms with Crippen LogP contribution in [0, 0.1) is 6.92 Å². The normalized spacial score (nSPS) is 19.3. The summed E-state index contributed by atoms with van der Waals surface area (Å²) < 4.78 is 66.0. The monoisotopic (exact) mass is 582 g/mol. The van der Waals surface area contributed by atoms with E-state index in [1.165, 1.54) is 4.31 Å². The summed E-state index contributed by atoms with van der Waals surface area (Å²) in [6.07, 6.45) is 1.26. The van der Waals surface area contributed by atoms with Crippen molar-refractivity contribution in [1.29, 1.82) is 0 Å². The Morgan fingerprint density at radius 2 is 1.48 bits per heavy atom. The van der Waals surface area contributed by atoms with Gasteiger partial charge in [0.15, 0.2) is 0 Å². The molecule has 2 heterocycles. The highest BCUT2D eigenvalue weighted by molar-refractivity contribution is 7.90. The van der Waals surface area contributed by atoms with Crippen LogP contribution in [0.25, 0.3) is 0 Å². The number of sulfonamides is 2. The molecule has 0 spiro atoms. The van der Waals surface area contributed by atoms with Crippen LogP contribution in [0.4, 0.5) is 0 Å². The molecule has 2 aliphatic heterocycles. The molecular formula is C29H34N4O5S2. The minimum Gasteiger partial charge on any atom is -0.497 e. The van der Waals surface area contributed by atoms with Gasteiger partial charge in [0, 0.05) is 13.1 Å². The Bertz CT molecular complexity index is 1550. The van der Waals surface area contributed by atoms with Gasteiger partial charge in [0.2, 0.25) is 10.0 Å². The summed E-state index contributed by atoms with van der Waals surface area (Å²) >= 11 is 0. The van der Waals surface area contributed by atoms with E-state index in [9.17, 15) is 16.8 Å². The summed E-state index contributed by atoms with van der Waals surface area (Å²) in [5, 5.41) is 0. The maximum atomic E-state index is 13.9. The molecular weight excluding hydrogens is 548 g/mol. The largest absolute Gasteiger partial charge is 0.497 e. The molecule has 40 heavy (non-hydrogen) atoms. The third kappa shape index (κ3) is 5.92. The molecule has 2 saturated heterocycles. The molecule has 2 fully saturated rings. The van der Waals surface area contributed by atoms with Crippen LogP contribution in [-0.4, -0.2) is 76.6 Å². The van der Waals surface area contributed by atoms with Crippen LogP contribution in [0.15, 0.2) is 93.1 Å². The topological polar surface area (TPSA) is 99.6 Å². The molecule has 11 heteroatoms. The van der Waals surface area contributed by atoms with E-state index in [0.29, 0.717) is 30.2 Å². The van der Waals surface area contributed by atoms with Crippen molar-refractivity contribution in [3.63, 3.8) is 0 Å². The first-order valence-electron chi connectivity index (χ1n) is 13.3. The fraction of sp³-hybridized carbons (Fsp3) is 0.345. The number of hydrogen-bond donors (Lipinski definition) is 0. The first-order valence-corrected chi connectivity index (χ1v) is 16.2. The van der Waals surface area contributed by atoms with Crippen molar-refractivity contribution in [2.75, 3.05) is 39.8 Å². The summed E-state index contributed by atoms with van der Waals surface area (Å²) in [5.74, 6) is 0.965. The Labute approximate surface area is 236 Å². The van der Waals surface area contributed by atoms with E-state index < -0.39 is 26.2 Å². The zero-order valence-corrected chi connectivity index (χ0v) is 24.3. The predicted molar refractivity (Wildman–Crippen MR) is 154 cm³/mol. The van der Waals surface area contributed by atoms with Crippen LogP contribution >= 0.6 is 0 Å². The fourth-order valence-electron chi connectivity index (χ4n) is 5.19. The van der Waals surface area contributed by atoms with Gasteiger partial charge in [0.1, 0.15) is 17.8 Å². The van der Waals surface area contributed by atoms with Crippen LogP contribution in [0.1, 0.15) is 30.1 Å². The van der Waals surface area contributed by atoms with Gasteiger partial charge >= 0.3 is 0 Å². The zero-order valence-electron chi connectivity index (χ0n) is 22.7. The average molecular weight is 583 g/mol. The molecule has 0 aromatic heterocycles. The van der Waals surface area contributed by atoms with Gasteiger partial charge in [0.05, 0.1) is 23.4 Å². The molecule has 0 bridgehead atoms. The molecule has 9 nitrogen and oxygen atoms in total. The minimum atomic E-state index is -4.05. The highest BCUT2D eigenvalue weighted by Crippen LogP contribution is 2.36. The van der Waals surface area contributed by atoms with Gasteiger partial charge in [-0.15, -0.1) is 4.40 Å². The standard InChI is InChI=1S/C29H34N4O5S2/c1-23-10-16-26(17-11-23)39(34,35)30-28(22-31-18-6-7-19-31)32-20-21-33(40(36,37)27-8-4-3-5-9-27)29(32)24-12-14-25(38-2)15-13-24/h3-5,8-17,29H,6-7,18-22H2,1-2H3. The minimum absolute atomic E-state index is 0.103. The molecule has 2 aliphatic rings. The van der Waals surface area contributed by atoms with Crippen LogP contribution < -0.4 is 4.74 Å². The van der Waals surface area contributed by atoms with Gasteiger partial charge in [-0.1, -0.05) is 48.0 Å². The number of benzene rings is 3. The van der Waals surface area contributed by atoms with Crippen LogP contribution in [0.3, 0.4) is 0 Å². The van der Waals surface area contributed by atoms with Crippen molar-refractivity contribution in [3.05, 3.63) is 90.0 Å². The van der Waals surface area contributed by atoms with Crippen molar-refractivity contribution < 1.29 is 21.6 Å². The fourth-order valence-corrected chi connectivity index (χ4v) is 7.81. The van der Waals surface area contributed by atoms with E-state index in [1.807, 2.05) is 24.0 Å². The third-order valence-corrected chi connectivity index (χ3v) is 10.5. The maximum absolute atomic E-state index is 13.9. The molecule has 0 N–H and O–H groups in total. The highest BCUT2D eigenvalue weighted by Gasteiger charge is 2.43. The van der Waals surface area contributed by atoms with Crippen molar-refractivity contribution in [1.82, 2.24) is 14.1 Å². The summed E-state index contributed by atoms with van der Waals surface area (Å²) in [6, 6.07) is 22.1. The second-order valence-corrected chi connectivity index (χ2v) is 13.5. The third-order valence-electron chi connectivity index (χ3n) is 7.33. The quantitative estimate of drug-likeness (QED) is 0.294. The molecule has 212 valence electrons. The first-order chi connectivity index (χ1) is 19.2. The summed E-state index contributed by atoms with van der Waals surface area (Å²) in [6.45, 7) is 4.32. The van der Waals surface area contributed by atoms with Gasteiger partial charge in [-0.3, -0.25) is 4.90 Å². The van der Waals surface area contributed by atoms with E-state index in [0.717, 1.165) is 31.5 Å². The molecule has 0 radical (unpaired) electrons. The Kier molecular flexibility index (Phi) is 8.27. The lowest BCUT2D eigenvalue weighted by Gasteiger charge is -2.33. The van der Waals surface area contributed by atoms with Crippen molar-refractivity contribution in [2.45, 2.75) is 35.7 Å². The van der Waals surface area contributed by atoms with E-state index in [1.54, 1.807) is 73.8 Å². The van der Waals surface area contributed by atoms with Gasteiger partial charge in [-0.05, 0) is 74.8 Å². The van der Waals surface area contributed by atoms with E-state index in [4.69, 9.17) is 4.74 Å². The van der Waals surface area contributed by atoms with E-state index >= 15 is 0 Å². The first kappa shape index (κ1) is 28.3. The molecule has 5 rings (SSSR count).